The molecule has 0 aliphatic heterocycles. The second kappa shape index (κ2) is 6.97. The monoisotopic (exact) mass is 369 g/mol. The van der Waals surface area contributed by atoms with E-state index in [1.165, 1.54) is 51.7 Å². The number of anilines is 1. The van der Waals surface area contributed by atoms with Gasteiger partial charge in [0, 0.05) is 19.1 Å². The lowest BCUT2D eigenvalue weighted by atomic mass is 9.87. The van der Waals surface area contributed by atoms with Crippen molar-refractivity contribution in [3.05, 3.63) is 35.0 Å². The quantitative estimate of drug-likeness (QED) is 0.794. The molecule has 3 nitrogen and oxygen atoms in total. The van der Waals surface area contributed by atoms with Crippen LogP contribution in [0.4, 0.5) is 5.13 Å². The maximum Gasteiger partial charge on any atom is 0.185 e. The van der Waals surface area contributed by atoms with Crippen molar-refractivity contribution in [3.8, 4) is 10.4 Å². The largest absolute Gasteiger partial charge is 0.351 e. The van der Waals surface area contributed by atoms with Gasteiger partial charge in [-0.3, -0.25) is 0 Å². The van der Waals surface area contributed by atoms with E-state index in [4.69, 9.17) is 10.7 Å². The molecule has 2 aromatic rings. The number of hydrogen-bond donors (Lipinski definition) is 1. The van der Waals surface area contributed by atoms with Gasteiger partial charge in [-0.15, -0.1) is 0 Å². The number of thiazole rings is 1. The first kappa shape index (κ1) is 18.0. The van der Waals surface area contributed by atoms with Crippen LogP contribution in [-0.4, -0.2) is 24.1 Å². The van der Waals surface area contributed by atoms with Crippen LogP contribution in [0.1, 0.15) is 68.7 Å². The molecule has 0 unspecified atom stereocenters. The van der Waals surface area contributed by atoms with E-state index >= 15 is 0 Å². The van der Waals surface area contributed by atoms with Crippen LogP contribution < -0.4 is 10.6 Å². The van der Waals surface area contributed by atoms with Crippen LogP contribution in [0.2, 0.25) is 0 Å². The van der Waals surface area contributed by atoms with Gasteiger partial charge in [0.25, 0.3) is 0 Å². The minimum atomic E-state index is 0.0172. The Morgan fingerprint density at radius 3 is 2.92 bits per heavy atom. The Kier molecular flexibility index (Phi) is 4.83. The van der Waals surface area contributed by atoms with Crippen molar-refractivity contribution in [1.29, 1.82) is 0 Å². The van der Waals surface area contributed by atoms with Gasteiger partial charge < -0.3 is 10.6 Å². The molecule has 0 amide bonds. The van der Waals surface area contributed by atoms with Crippen molar-refractivity contribution in [2.24, 2.45) is 5.73 Å². The van der Waals surface area contributed by atoms with E-state index < -0.39 is 0 Å². The van der Waals surface area contributed by atoms with Gasteiger partial charge in [-0.05, 0) is 68.1 Å². The zero-order chi connectivity index (χ0) is 18.3. The molecule has 26 heavy (non-hydrogen) atoms. The van der Waals surface area contributed by atoms with Crippen molar-refractivity contribution in [2.75, 3.05) is 18.5 Å². The number of aromatic nitrogens is 1. The highest BCUT2D eigenvalue weighted by Gasteiger charge is 2.33. The molecule has 1 heterocycles. The average molecular weight is 370 g/mol. The Morgan fingerprint density at radius 2 is 2.19 bits per heavy atom. The number of nitrogens with zero attached hydrogens (tertiary/aromatic N) is 2. The fraction of sp³-hybridized carbons (Fsp3) is 0.591. The van der Waals surface area contributed by atoms with E-state index in [0.29, 0.717) is 5.92 Å². The molecular weight excluding hydrogens is 338 g/mol. The molecule has 140 valence electrons. The molecule has 1 aromatic carbocycles. The number of unbranched alkanes of at least 4 members (excludes halogenated alkanes) is 1. The van der Waals surface area contributed by atoms with Gasteiger partial charge in [0.2, 0.25) is 0 Å². The molecule has 1 aromatic heterocycles. The fourth-order valence-corrected chi connectivity index (χ4v) is 5.64. The third-order valence-corrected chi connectivity index (χ3v) is 7.36. The lowest BCUT2D eigenvalue weighted by molar-refractivity contribution is 0.479. The van der Waals surface area contributed by atoms with Crippen LogP contribution in [-0.2, 0) is 12.8 Å². The molecular formula is C22H31N3S. The third kappa shape index (κ3) is 3.41. The molecule has 2 aliphatic rings. The predicted molar refractivity (Wildman–Crippen MR) is 112 cm³/mol. The zero-order valence-electron chi connectivity index (χ0n) is 16.3. The minimum Gasteiger partial charge on any atom is -0.351 e. The van der Waals surface area contributed by atoms with Gasteiger partial charge >= 0.3 is 0 Å². The summed E-state index contributed by atoms with van der Waals surface area (Å²) in [6, 6.07) is 7.16. The highest BCUT2D eigenvalue weighted by atomic mass is 32.1. The fourth-order valence-electron chi connectivity index (χ4n) is 4.48. The molecule has 1 saturated carbocycles. The van der Waals surface area contributed by atoms with Crippen molar-refractivity contribution in [3.63, 3.8) is 0 Å². The van der Waals surface area contributed by atoms with Crippen LogP contribution in [0.15, 0.2) is 18.2 Å². The summed E-state index contributed by atoms with van der Waals surface area (Å²) in [6.07, 6.45) is 8.12. The van der Waals surface area contributed by atoms with E-state index in [1.54, 1.807) is 0 Å². The molecule has 1 fully saturated rings. The van der Waals surface area contributed by atoms with E-state index in [0.717, 1.165) is 32.2 Å². The van der Waals surface area contributed by atoms with E-state index in [-0.39, 0.29) is 5.54 Å². The minimum absolute atomic E-state index is 0.0172. The van der Waals surface area contributed by atoms with Gasteiger partial charge in [0.05, 0.1) is 10.6 Å². The van der Waals surface area contributed by atoms with Crippen LogP contribution in [0.3, 0.4) is 0 Å². The van der Waals surface area contributed by atoms with Crippen molar-refractivity contribution in [1.82, 2.24) is 4.98 Å². The first-order valence-electron chi connectivity index (χ1n) is 10.1. The first-order chi connectivity index (χ1) is 12.5. The summed E-state index contributed by atoms with van der Waals surface area (Å²) in [5.41, 5.74) is 12.1. The summed E-state index contributed by atoms with van der Waals surface area (Å²) in [5, 5.41) is 1.18. The summed E-state index contributed by atoms with van der Waals surface area (Å²) in [6.45, 7) is 5.53. The summed E-state index contributed by atoms with van der Waals surface area (Å²) in [5.74, 6) is 0.633. The Balaban J connectivity index is 1.59. The number of nitrogens with two attached hydrogens (primary N) is 1. The normalized spacial score (nSPS) is 24.4. The third-order valence-electron chi connectivity index (χ3n) is 6.11. The lowest BCUT2D eigenvalue weighted by Crippen LogP contribution is -2.32. The van der Waals surface area contributed by atoms with E-state index in [9.17, 15) is 0 Å². The maximum atomic E-state index is 6.36. The molecule has 4 rings (SSSR count). The molecule has 0 radical (unpaired) electrons. The second-order valence-corrected chi connectivity index (χ2v) is 9.54. The van der Waals surface area contributed by atoms with Gasteiger partial charge in [-0.25, -0.2) is 4.98 Å². The first-order valence-corrected chi connectivity index (χ1v) is 10.9. The summed E-state index contributed by atoms with van der Waals surface area (Å²) < 4.78 is 0. The maximum absolute atomic E-state index is 6.36. The smallest absolute Gasteiger partial charge is 0.185 e. The molecule has 4 heteroatoms. The highest BCUT2D eigenvalue weighted by molar-refractivity contribution is 7.19. The Bertz CT molecular complexity index is 793. The Morgan fingerprint density at radius 1 is 1.35 bits per heavy atom. The number of fused-ring (bicyclic) bond motifs is 3. The topological polar surface area (TPSA) is 42.2 Å². The predicted octanol–water partition coefficient (Wildman–Crippen LogP) is 5.13. The highest BCUT2D eigenvalue weighted by Crippen LogP contribution is 2.44. The van der Waals surface area contributed by atoms with Crippen LogP contribution in [0, 0.1) is 0 Å². The van der Waals surface area contributed by atoms with Gasteiger partial charge in [-0.2, -0.15) is 0 Å². The molecule has 2 atom stereocenters. The summed E-state index contributed by atoms with van der Waals surface area (Å²) in [7, 11) is 2.17. The Hall–Kier alpha value is -1.39. The average Bonchev–Trinajstić information content (AvgIpc) is 3.22. The lowest BCUT2D eigenvalue weighted by Gasteiger charge is -2.20. The molecule has 0 bridgehead atoms. The molecule has 2 N–H and O–H groups in total. The number of rotatable bonds is 5. The van der Waals surface area contributed by atoms with Crippen LogP contribution in [0.5, 0.6) is 0 Å². The van der Waals surface area contributed by atoms with Crippen LogP contribution in [0.25, 0.3) is 10.4 Å². The number of benzene rings is 1. The van der Waals surface area contributed by atoms with Gasteiger partial charge in [0.1, 0.15) is 0 Å². The van der Waals surface area contributed by atoms with Gasteiger partial charge in [-0.1, -0.05) is 42.9 Å². The van der Waals surface area contributed by atoms with Crippen molar-refractivity contribution < 1.29 is 0 Å². The standard InChI is InChI=1S/C22H31N3S/c1-4-5-12-25(3)21-24-19-9-7-16-13-15(6-8-18(16)20(19)26-21)17-10-11-22(2,23)14-17/h6,8,13,17H,4-5,7,9-12,14,23H2,1-3H3/t17-,22+/m0/s1. The summed E-state index contributed by atoms with van der Waals surface area (Å²) in [4.78, 5) is 8.66. The molecule has 2 aliphatic carbocycles. The Labute approximate surface area is 161 Å². The zero-order valence-corrected chi connectivity index (χ0v) is 17.2. The van der Waals surface area contributed by atoms with Crippen molar-refractivity contribution >= 4 is 16.5 Å². The second-order valence-electron chi connectivity index (χ2n) is 8.56. The SMILES string of the molecule is CCCCN(C)c1nc2c(s1)-c1ccc([C@H]3CC[C@@](C)(N)C3)cc1CC2. The summed E-state index contributed by atoms with van der Waals surface area (Å²) >= 11 is 1.87. The van der Waals surface area contributed by atoms with E-state index in [1.807, 2.05) is 11.3 Å². The molecule has 0 spiro atoms. The van der Waals surface area contributed by atoms with Crippen LogP contribution >= 0.6 is 11.3 Å². The van der Waals surface area contributed by atoms with E-state index in [2.05, 4.69) is 44.0 Å². The number of aryl methyl sites for hydroxylation is 2. The van der Waals surface area contributed by atoms with Crippen molar-refractivity contribution in [2.45, 2.75) is 70.3 Å². The number of hydrogen-bond acceptors (Lipinski definition) is 4. The molecule has 0 saturated heterocycles. The van der Waals surface area contributed by atoms with Gasteiger partial charge in [0.15, 0.2) is 5.13 Å².